The van der Waals surface area contributed by atoms with Crippen molar-refractivity contribution in [3.05, 3.63) is 36.1 Å². The van der Waals surface area contributed by atoms with Crippen molar-refractivity contribution >= 4 is 11.0 Å². The summed E-state index contributed by atoms with van der Waals surface area (Å²) in [5.74, 6) is 0. The topological polar surface area (TPSA) is 33.4 Å². The number of furan rings is 1. The Balaban J connectivity index is 2.76. The van der Waals surface area contributed by atoms with Crippen molar-refractivity contribution in [2.45, 2.75) is 6.61 Å². The molecule has 2 heteroatoms. The van der Waals surface area contributed by atoms with E-state index in [0.717, 1.165) is 16.5 Å². The number of aliphatic hydroxyl groups is 1. The Kier molecular flexibility index (Phi) is 1.40. The van der Waals surface area contributed by atoms with Crippen LogP contribution in [-0.2, 0) is 6.61 Å². The maximum absolute atomic E-state index is 8.83. The summed E-state index contributed by atoms with van der Waals surface area (Å²) in [5.41, 5.74) is 1.50. The van der Waals surface area contributed by atoms with Crippen LogP contribution in [0.4, 0.5) is 0 Å². The van der Waals surface area contributed by atoms with E-state index in [2.05, 4.69) is 6.26 Å². The SMILES string of the molecule is OCc1[c]oc2ccccc12. The van der Waals surface area contributed by atoms with E-state index in [1.54, 1.807) is 0 Å². The van der Waals surface area contributed by atoms with Gasteiger partial charge in [-0.2, -0.15) is 0 Å². The van der Waals surface area contributed by atoms with Crippen LogP contribution < -0.4 is 0 Å². The van der Waals surface area contributed by atoms with E-state index < -0.39 is 0 Å². The molecule has 1 heterocycles. The minimum atomic E-state index is -0.0169. The van der Waals surface area contributed by atoms with Gasteiger partial charge in [0.05, 0.1) is 6.61 Å². The van der Waals surface area contributed by atoms with Crippen LogP contribution in [0.2, 0.25) is 0 Å². The molecule has 2 aromatic rings. The molecular formula is C9H7O2. The fourth-order valence-electron chi connectivity index (χ4n) is 1.09. The Morgan fingerprint density at radius 2 is 2.18 bits per heavy atom. The van der Waals surface area contributed by atoms with E-state index in [-0.39, 0.29) is 6.61 Å². The fourth-order valence-corrected chi connectivity index (χ4v) is 1.09. The molecule has 1 N–H and O–H groups in total. The molecule has 0 unspecified atom stereocenters. The van der Waals surface area contributed by atoms with E-state index in [9.17, 15) is 0 Å². The van der Waals surface area contributed by atoms with E-state index in [1.165, 1.54) is 0 Å². The lowest BCUT2D eigenvalue weighted by molar-refractivity contribution is 0.281. The largest absolute Gasteiger partial charge is 0.452 e. The van der Waals surface area contributed by atoms with Gasteiger partial charge in [-0.25, -0.2) is 0 Å². The number of fused-ring (bicyclic) bond motifs is 1. The highest BCUT2D eigenvalue weighted by molar-refractivity contribution is 5.80. The molecule has 1 aromatic carbocycles. The third kappa shape index (κ3) is 0.917. The summed E-state index contributed by atoms with van der Waals surface area (Å²) in [6.45, 7) is -0.0169. The van der Waals surface area contributed by atoms with Crippen LogP contribution in [0.3, 0.4) is 0 Å². The molecule has 0 aliphatic heterocycles. The standard InChI is InChI=1S/C9H7O2/c10-5-7-6-11-9-4-2-1-3-8(7)9/h1-4,10H,5H2. The summed E-state index contributed by atoms with van der Waals surface area (Å²) >= 11 is 0. The van der Waals surface area contributed by atoms with E-state index in [0.29, 0.717) is 0 Å². The molecule has 0 bridgehead atoms. The van der Waals surface area contributed by atoms with E-state index in [1.807, 2.05) is 24.3 Å². The first-order chi connectivity index (χ1) is 5.42. The average molecular weight is 147 g/mol. The number of hydrogen-bond donors (Lipinski definition) is 1. The van der Waals surface area contributed by atoms with Crippen molar-refractivity contribution in [2.24, 2.45) is 0 Å². The van der Waals surface area contributed by atoms with Crippen molar-refractivity contribution in [2.75, 3.05) is 0 Å². The van der Waals surface area contributed by atoms with Gasteiger partial charge in [-0.3, -0.25) is 0 Å². The Labute approximate surface area is 64.1 Å². The first-order valence-corrected chi connectivity index (χ1v) is 3.41. The first kappa shape index (κ1) is 6.43. The van der Waals surface area contributed by atoms with Crippen molar-refractivity contribution < 1.29 is 9.52 Å². The predicted octanol–water partition coefficient (Wildman–Crippen LogP) is 1.73. The number of para-hydroxylation sites is 1. The van der Waals surface area contributed by atoms with Crippen LogP contribution in [0.25, 0.3) is 11.0 Å². The molecule has 1 aromatic heterocycles. The fraction of sp³-hybridized carbons (Fsp3) is 0.111. The van der Waals surface area contributed by atoms with Crippen LogP contribution in [0.5, 0.6) is 0 Å². The second-order valence-corrected chi connectivity index (χ2v) is 2.34. The van der Waals surface area contributed by atoms with Gasteiger partial charge < -0.3 is 9.52 Å². The molecule has 0 atom stereocenters. The molecule has 1 radical (unpaired) electrons. The van der Waals surface area contributed by atoms with Gasteiger partial charge in [0.1, 0.15) is 5.58 Å². The molecule has 0 saturated carbocycles. The maximum Gasteiger partial charge on any atom is 0.176 e. The minimum absolute atomic E-state index is 0.0169. The molecule has 0 amide bonds. The summed E-state index contributed by atoms with van der Waals surface area (Å²) in [7, 11) is 0. The monoisotopic (exact) mass is 147 g/mol. The third-order valence-electron chi connectivity index (χ3n) is 1.65. The molecular weight excluding hydrogens is 140 g/mol. The van der Waals surface area contributed by atoms with Gasteiger partial charge in [0.2, 0.25) is 0 Å². The highest BCUT2D eigenvalue weighted by atomic mass is 16.3. The molecule has 55 valence electrons. The van der Waals surface area contributed by atoms with Crippen LogP contribution in [0.15, 0.2) is 28.7 Å². The average Bonchev–Trinajstić information content (AvgIpc) is 2.47. The van der Waals surface area contributed by atoms with Crippen LogP contribution in [-0.4, -0.2) is 5.11 Å². The van der Waals surface area contributed by atoms with Crippen LogP contribution in [0, 0.1) is 6.26 Å². The molecule has 0 spiro atoms. The van der Waals surface area contributed by atoms with Gasteiger partial charge in [-0.15, -0.1) is 0 Å². The number of aliphatic hydroxyl groups excluding tert-OH is 1. The lowest BCUT2D eigenvalue weighted by Gasteiger charge is -1.87. The zero-order valence-electron chi connectivity index (χ0n) is 5.87. The third-order valence-corrected chi connectivity index (χ3v) is 1.65. The summed E-state index contributed by atoms with van der Waals surface area (Å²) in [6.07, 6.45) is 2.64. The smallest absolute Gasteiger partial charge is 0.176 e. The van der Waals surface area contributed by atoms with Crippen molar-refractivity contribution in [1.29, 1.82) is 0 Å². The Morgan fingerprint density at radius 3 is 3.00 bits per heavy atom. The van der Waals surface area contributed by atoms with Gasteiger partial charge in [0.15, 0.2) is 6.26 Å². The number of rotatable bonds is 1. The van der Waals surface area contributed by atoms with Gasteiger partial charge in [-0.1, -0.05) is 18.2 Å². The van der Waals surface area contributed by atoms with Gasteiger partial charge >= 0.3 is 0 Å². The second kappa shape index (κ2) is 2.40. The Hall–Kier alpha value is -1.28. The lowest BCUT2D eigenvalue weighted by Crippen LogP contribution is -1.77. The van der Waals surface area contributed by atoms with Gasteiger partial charge in [0, 0.05) is 10.9 Å². The molecule has 0 fully saturated rings. The molecule has 2 rings (SSSR count). The van der Waals surface area contributed by atoms with E-state index in [4.69, 9.17) is 9.52 Å². The molecule has 11 heavy (non-hydrogen) atoms. The molecule has 0 saturated heterocycles. The van der Waals surface area contributed by atoms with Crippen LogP contribution in [0.1, 0.15) is 5.56 Å². The second-order valence-electron chi connectivity index (χ2n) is 2.34. The predicted molar refractivity (Wildman–Crippen MR) is 41.0 cm³/mol. The highest BCUT2D eigenvalue weighted by Crippen LogP contribution is 2.19. The Morgan fingerprint density at radius 1 is 1.36 bits per heavy atom. The summed E-state index contributed by atoms with van der Waals surface area (Å²) in [4.78, 5) is 0. The summed E-state index contributed by atoms with van der Waals surface area (Å²) in [6, 6.07) is 7.55. The Bertz CT molecular complexity index is 362. The number of benzene rings is 1. The highest BCUT2D eigenvalue weighted by Gasteiger charge is 2.02. The van der Waals surface area contributed by atoms with Gasteiger partial charge in [-0.05, 0) is 6.07 Å². The first-order valence-electron chi connectivity index (χ1n) is 3.41. The summed E-state index contributed by atoms with van der Waals surface area (Å²) < 4.78 is 5.05. The molecule has 0 aliphatic rings. The zero-order chi connectivity index (χ0) is 7.68. The van der Waals surface area contributed by atoms with Gasteiger partial charge in [0.25, 0.3) is 0 Å². The number of hydrogen-bond acceptors (Lipinski definition) is 2. The molecule has 2 nitrogen and oxygen atoms in total. The van der Waals surface area contributed by atoms with Crippen LogP contribution >= 0.6 is 0 Å². The lowest BCUT2D eigenvalue weighted by atomic mass is 10.2. The normalized spacial score (nSPS) is 10.6. The van der Waals surface area contributed by atoms with Crippen molar-refractivity contribution in [3.8, 4) is 0 Å². The zero-order valence-corrected chi connectivity index (χ0v) is 5.87. The van der Waals surface area contributed by atoms with Crippen molar-refractivity contribution in [1.82, 2.24) is 0 Å². The quantitative estimate of drug-likeness (QED) is 0.666. The maximum atomic E-state index is 8.83. The minimum Gasteiger partial charge on any atom is -0.452 e. The van der Waals surface area contributed by atoms with Crippen molar-refractivity contribution in [3.63, 3.8) is 0 Å². The summed E-state index contributed by atoms with van der Waals surface area (Å²) in [5, 5.41) is 9.77. The molecule has 0 aliphatic carbocycles. The van der Waals surface area contributed by atoms with E-state index >= 15 is 0 Å².